The highest BCUT2D eigenvalue weighted by atomic mass is 32.1. The molecule has 1 atom stereocenters. The molecule has 1 aromatic rings. The minimum Gasteiger partial charge on any atom is -0.388 e. The smallest absolute Gasteiger partial charge is 0.223 e. The number of anilines is 1. The van der Waals surface area contributed by atoms with Crippen molar-refractivity contribution in [2.24, 2.45) is 11.1 Å². The first-order chi connectivity index (χ1) is 7.70. The van der Waals surface area contributed by atoms with Crippen LogP contribution < -0.4 is 11.1 Å². The van der Waals surface area contributed by atoms with Crippen LogP contribution in [0.2, 0.25) is 0 Å². The summed E-state index contributed by atoms with van der Waals surface area (Å²) in [5.41, 5.74) is 7.18. The highest BCUT2D eigenvalue weighted by molar-refractivity contribution is 7.80. The topological polar surface area (TPSA) is 63.8 Å². The van der Waals surface area contributed by atoms with Gasteiger partial charge in [-0.05, 0) is 25.3 Å². The van der Waals surface area contributed by atoms with Gasteiger partial charge in [0.15, 0.2) is 0 Å². The molecule has 4 nitrogen and oxygen atoms in total. The van der Waals surface area contributed by atoms with E-state index in [1.165, 1.54) is 0 Å². The minimum atomic E-state index is 0.135. The van der Waals surface area contributed by atoms with Gasteiger partial charge in [0.1, 0.15) is 10.7 Å². The monoisotopic (exact) mass is 252 g/mol. The largest absolute Gasteiger partial charge is 0.388 e. The Morgan fingerprint density at radius 3 is 2.47 bits per heavy atom. The molecule has 3 N–H and O–H groups in total. The van der Waals surface area contributed by atoms with Crippen LogP contribution in [-0.4, -0.2) is 21.0 Å². The van der Waals surface area contributed by atoms with Crippen LogP contribution >= 0.6 is 12.2 Å². The highest BCUT2D eigenvalue weighted by Crippen LogP contribution is 2.21. The summed E-state index contributed by atoms with van der Waals surface area (Å²) in [5, 5.41) is 3.28. The molecule has 94 valence electrons. The van der Waals surface area contributed by atoms with Crippen molar-refractivity contribution in [2.75, 3.05) is 5.32 Å². The fourth-order valence-corrected chi connectivity index (χ4v) is 1.27. The first kappa shape index (κ1) is 13.8. The molecule has 1 heterocycles. The Hall–Kier alpha value is -1.23. The first-order valence-corrected chi connectivity index (χ1v) is 6.03. The second-order valence-electron chi connectivity index (χ2n) is 5.31. The fourth-order valence-electron chi connectivity index (χ4n) is 1.17. The number of aromatic nitrogens is 2. The summed E-state index contributed by atoms with van der Waals surface area (Å²) in [6.45, 7) is 10.5. The van der Waals surface area contributed by atoms with Gasteiger partial charge in [0.2, 0.25) is 5.95 Å². The van der Waals surface area contributed by atoms with Crippen molar-refractivity contribution < 1.29 is 0 Å². The van der Waals surface area contributed by atoms with Gasteiger partial charge in [-0.15, -0.1) is 0 Å². The average Bonchev–Trinajstić information content (AvgIpc) is 2.14. The SMILES string of the molecule is Cc1cc(C(N)=S)nc(NC(C)C(C)(C)C)n1. The van der Waals surface area contributed by atoms with Crippen molar-refractivity contribution in [3.8, 4) is 0 Å². The van der Waals surface area contributed by atoms with Gasteiger partial charge in [0.05, 0.1) is 0 Å². The van der Waals surface area contributed by atoms with Crippen molar-refractivity contribution in [1.82, 2.24) is 9.97 Å². The van der Waals surface area contributed by atoms with Crippen LogP contribution in [0.1, 0.15) is 39.1 Å². The number of rotatable bonds is 3. The molecule has 0 saturated carbocycles. The summed E-state index contributed by atoms with van der Waals surface area (Å²) in [7, 11) is 0. The average molecular weight is 252 g/mol. The van der Waals surface area contributed by atoms with Crippen LogP contribution in [0.15, 0.2) is 6.07 Å². The zero-order valence-electron chi connectivity index (χ0n) is 11.0. The summed E-state index contributed by atoms with van der Waals surface area (Å²) in [5.74, 6) is 0.579. The highest BCUT2D eigenvalue weighted by Gasteiger charge is 2.20. The Balaban J connectivity index is 2.96. The van der Waals surface area contributed by atoms with E-state index in [0.717, 1.165) is 5.69 Å². The van der Waals surface area contributed by atoms with E-state index in [4.69, 9.17) is 18.0 Å². The number of nitrogens with zero attached hydrogens (tertiary/aromatic N) is 2. The molecule has 0 aliphatic heterocycles. The second kappa shape index (κ2) is 4.96. The Morgan fingerprint density at radius 1 is 1.41 bits per heavy atom. The summed E-state index contributed by atoms with van der Waals surface area (Å²) in [6.07, 6.45) is 0. The molecule has 0 radical (unpaired) electrons. The molecule has 0 aliphatic carbocycles. The normalized spacial score (nSPS) is 13.2. The first-order valence-electron chi connectivity index (χ1n) is 5.62. The molecule has 0 fully saturated rings. The summed E-state index contributed by atoms with van der Waals surface area (Å²) >= 11 is 4.93. The Kier molecular flexibility index (Phi) is 4.03. The van der Waals surface area contributed by atoms with Crippen LogP contribution in [0.5, 0.6) is 0 Å². The van der Waals surface area contributed by atoms with Crippen molar-refractivity contribution in [3.63, 3.8) is 0 Å². The molecule has 0 aromatic carbocycles. The van der Waals surface area contributed by atoms with E-state index in [2.05, 4.69) is 43.0 Å². The van der Waals surface area contributed by atoms with E-state index < -0.39 is 0 Å². The molecule has 5 heteroatoms. The lowest BCUT2D eigenvalue weighted by atomic mass is 9.88. The van der Waals surface area contributed by atoms with Gasteiger partial charge in [-0.2, -0.15) is 0 Å². The lowest BCUT2D eigenvalue weighted by molar-refractivity contribution is 0.358. The molecule has 17 heavy (non-hydrogen) atoms. The lowest BCUT2D eigenvalue weighted by Gasteiger charge is -2.28. The maximum Gasteiger partial charge on any atom is 0.223 e. The molecule has 0 saturated heterocycles. The van der Waals surface area contributed by atoms with Crippen molar-refractivity contribution in [1.29, 1.82) is 0 Å². The third-order valence-electron chi connectivity index (χ3n) is 2.75. The second-order valence-corrected chi connectivity index (χ2v) is 5.75. The minimum absolute atomic E-state index is 0.135. The zero-order valence-corrected chi connectivity index (χ0v) is 11.9. The van der Waals surface area contributed by atoms with Gasteiger partial charge in [0.25, 0.3) is 0 Å². The van der Waals surface area contributed by atoms with E-state index in [1.807, 2.05) is 6.92 Å². The van der Waals surface area contributed by atoms with Gasteiger partial charge in [-0.25, -0.2) is 9.97 Å². The molecular formula is C12H20N4S. The number of hydrogen-bond donors (Lipinski definition) is 2. The molecule has 0 bridgehead atoms. The third kappa shape index (κ3) is 3.93. The third-order valence-corrected chi connectivity index (χ3v) is 2.96. The maximum atomic E-state index is 5.58. The van der Waals surface area contributed by atoms with Crippen LogP contribution in [-0.2, 0) is 0 Å². The van der Waals surface area contributed by atoms with Crippen LogP contribution in [0, 0.1) is 12.3 Å². The van der Waals surface area contributed by atoms with Crippen molar-refractivity contribution in [2.45, 2.75) is 40.7 Å². The van der Waals surface area contributed by atoms with Gasteiger partial charge in [0, 0.05) is 11.7 Å². The summed E-state index contributed by atoms with van der Waals surface area (Å²) in [4.78, 5) is 8.92. The van der Waals surface area contributed by atoms with E-state index in [0.29, 0.717) is 16.6 Å². The molecule has 1 aromatic heterocycles. The van der Waals surface area contributed by atoms with Crippen LogP contribution in [0.3, 0.4) is 0 Å². The van der Waals surface area contributed by atoms with Crippen LogP contribution in [0.25, 0.3) is 0 Å². The van der Waals surface area contributed by atoms with E-state index in [-0.39, 0.29) is 11.5 Å². The number of thiocarbonyl (C=S) groups is 1. The van der Waals surface area contributed by atoms with Gasteiger partial charge < -0.3 is 11.1 Å². The molecule has 0 aliphatic rings. The number of nitrogens with two attached hydrogens (primary N) is 1. The number of hydrogen-bond acceptors (Lipinski definition) is 4. The van der Waals surface area contributed by atoms with Gasteiger partial charge >= 0.3 is 0 Å². The van der Waals surface area contributed by atoms with E-state index in [1.54, 1.807) is 6.07 Å². The quantitative estimate of drug-likeness (QED) is 0.808. The summed E-state index contributed by atoms with van der Waals surface area (Å²) in [6, 6.07) is 2.04. The maximum absolute atomic E-state index is 5.58. The summed E-state index contributed by atoms with van der Waals surface area (Å²) < 4.78 is 0. The fraction of sp³-hybridized carbons (Fsp3) is 0.583. The number of nitrogens with one attached hydrogen (secondary N) is 1. The molecule has 0 amide bonds. The zero-order chi connectivity index (χ0) is 13.2. The van der Waals surface area contributed by atoms with Gasteiger partial charge in [-0.1, -0.05) is 33.0 Å². The predicted octanol–water partition coefficient (Wildman–Crippen LogP) is 2.27. The van der Waals surface area contributed by atoms with Crippen molar-refractivity contribution >= 4 is 23.2 Å². The predicted molar refractivity (Wildman–Crippen MR) is 75.2 cm³/mol. The van der Waals surface area contributed by atoms with Gasteiger partial charge in [-0.3, -0.25) is 0 Å². The molecule has 1 unspecified atom stereocenters. The Bertz CT molecular complexity index is 423. The standard InChI is InChI=1S/C12H20N4S/c1-7-6-9(10(13)17)16-11(14-7)15-8(2)12(3,4)5/h6,8H,1-5H3,(H2,13,17)(H,14,15,16). The number of aryl methyl sites for hydroxylation is 1. The molecule has 0 spiro atoms. The van der Waals surface area contributed by atoms with Crippen LogP contribution in [0.4, 0.5) is 5.95 Å². The van der Waals surface area contributed by atoms with E-state index >= 15 is 0 Å². The molecule has 1 rings (SSSR count). The molecular weight excluding hydrogens is 232 g/mol. The Labute approximate surface area is 108 Å². The van der Waals surface area contributed by atoms with E-state index in [9.17, 15) is 0 Å². The lowest BCUT2D eigenvalue weighted by Crippen LogP contribution is -2.32. The Morgan fingerprint density at radius 2 is 2.00 bits per heavy atom. The van der Waals surface area contributed by atoms with Crippen molar-refractivity contribution in [3.05, 3.63) is 17.5 Å².